The molecule has 0 bridgehead atoms. The largest absolute Gasteiger partial charge is 0.466 e. The van der Waals surface area contributed by atoms with E-state index in [1.165, 1.54) is 16.7 Å². The molecule has 0 aliphatic heterocycles. The van der Waals surface area contributed by atoms with Crippen LogP contribution in [0.4, 0.5) is 0 Å². The second-order valence-corrected chi connectivity index (χ2v) is 5.05. The lowest BCUT2D eigenvalue weighted by Gasteiger charge is -2.06. The average Bonchev–Trinajstić information content (AvgIpc) is 2.54. The van der Waals surface area contributed by atoms with E-state index in [0.717, 1.165) is 18.4 Å². The van der Waals surface area contributed by atoms with Crippen LogP contribution in [0.5, 0.6) is 0 Å². The minimum Gasteiger partial charge on any atom is -0.466 e. The van der Waals surface area contributed by atoms with Gasteiger partial charge in [-0.1, -0.05) is 55.5 Å². The number of aryl methyl sites for hydroxylation is 2. The number of rotatable bonds is 6. The van der Waals surface area contributed by atoms with Gasteiger partial charge in [0.1, 0.15) is 0 Å². The summed E-state index contributed by atoms with van der Waals surface area (Å²) in [6, 6.07) is 17.1. The number of hydrogen-bond acceptors (Lipinski definition) is 2. The molecule has 2 aromatic rings. The maximum absolute atomic E-state index is 11.3. The molecule has 21 heavy (non-hydrogen) atoms. The van der Waals surface area contributed by atoms with Crippen molar-refractivity contribution in [3.05, 3.63) is 59.7 Å². The quantitative estimate of drug-likeness (QED) is 0.733. The van der Waals surface area contributed by atoms with Gasteiger partial charge in [-0.25, -0.2) is 0 Å². The Morgan fingerprint density at radius 1 is 0.857 bits per heavy atom. The number of esters is 1. The van der Waals surface area contributed by atoms with E-state index in [4.69, 9.17) is 4.74 Å². The summed E-state index contributed by atoms with van der Waals surface area (Å²) >= 11 is 0. The number of hydrogen-bond donors (Lipinski definition) is 0. The molecule has 0 aliphatic rings. The molecule has 2 heteroatoms. The minimum atomic E-state index is -0.128. The van der Waals surface area contributed by atoms with Crippen molar-refractivity contribution in [1.82, 2.24) is 0 Å². The van der Waals surface area contributed by atoms with Gasteiger partial charge in [0, 0.05) is 6.42 Å². The lowest BCUT2D eigenvalue weighted by atomic mass is 10.0. The van der Waals surface area contributed by atoms with Gasteiger partial charge in [0.2, 0.25) is 0 Å². The zero-order valence-electron chi connectivity index (χ0n) is 12.8. The number of ether oxygens (including phenoxy) is 1. The molecule has 2 nitrogen and oxygen atoms in total. The summed E-state index contributed by atoms with van der Waals surface area (Å²) in [4.78, 5) is 11.3. The van der Waals surface area contributed by atoms with E-state index < -0.39 is 0 Å². The molecule has 0 atom stereocenters. The van der Waals surface area contributed by atoms with Gasteiger partial charge in [0.05, 0.1) is 6.61 Å². The highest BCUT2D eigenvalue weighted by Crippen LogP contribution is 2.21. The molecule has 0 radical (unpaired) electrons. The maximum Gasteiger partial charge on any atom is 0.306 e. The van der Waals surface area contributed by atoms with Crippen LogP contribution in [0, 0.1) is 0 Å². The summed E-state index contributed by atoms with van der Waals surface area (Å²) < 4.78 is 4.94. The summed E-state index contributed by atoms with van der Waals surface area (Å²) in [5, 5.41) is 0. The van der Waals surface area contributed by atoms with Gasteiger partial charge in [-0.05, 0) is 42.0 Å². The van der Waals surface area contributed by atoms with Crippen molar-refractivity contribution in [3.8, 4) is 11.1 Å². The minimum absolute atomic E-state index is 0.128. The van der Waals surface area contributed by atoms with E-state index in [2.05, 4.69) is 55.5 Å². The summed E-state index contributed by atoms with van der Waals surface area (Å²) in [5.41, 5.74) is 4.95. The first-order valence-corrected chi connectivity index (χ1v) is 7.56. The molecule has 0 fully saturated rings. The van der Waals surface area contributed by atoms with Crippen molar-refractivity contribution in [1.29, 1.82) is 0 Å². The standard InChI is InChI=1S/C19H22O2/c1-3-15-5-10-17(11-6-15)18-12-7-16(8-13-18)9-14-19(20)21-4-2/h5-8,10-13H,3-4,9,14H2,1-2H3. The summed E-state index contributed by atoms with van der Waals surface area (Å²) in [7, 11) is 0. The molecule has 0 saturated carbocycles. The van der Waals surface area contributed by atoms with Crippen LogP contribution in [0.25, 0.3) is 11.1 Å². The number of benzene rings is 2. The van der Waals surface area contributed by atoms with Crippen LogP contribution < -0.4 is 0 Å². The molecule has 0 amide bonds. The van der Waals surface area contributed by atoms with Crippen LogP contribution in [-0.2, 0) is 22.4 Å². The maximum atomic E-state index is 11.3. The van der Waals surface area contributed by atoms with Crippen LogP contribution in [0.1, 0.15) is 31.4 Å². The lowest BCUT2D eigenvalue weighted by Crippen LogP contribution is -2.05. The third-order valence-corrected chi connectivity index (χ3v) is 3.57. The fraction of sp³-hybridized carbons (Fsp3) is 0.316. The Labute approximate surface area is 126 Å². The highest BCUT2D eigenvalue weighted by atomic mass is 16.5. The van der Waals surface area contributed by atoms with E-state index in [0.29, 0.717) is 13.0 Å². The summed E-state index contributed by atoms with van der Waals surface area (Å²) in [5.74, 6) is -0.128. The normalized spacial score (nSPS) is 10.4. The van der Waals surface area contributed by atoms with E-state index >= 15 is 0 Å². The van der Waals surface area contributed by atoms with Gasteiger partial charge >= 0.3 is 5.97 Å². The van der Waals surface area contributed by atoms with Crippen LogP contribution in [0.2, 0.25) is 0 Å². The summed E-state index contributed by atoms with van der Waals surface area (Å²) in [6.07, 6.45) is 2.24. The highest BCUT2D eigenvalue weighted by molar-refractivity contribution is 5.70. The van der Waals surface area contributed by atoms with Crippen molar-refractivity contribution in [2.24, 2.45) is 0 Å². The third-order valence-electron chi connectivity index (χ3n) is 3.57. The van der Waals surface area contributed by atoms with Crippen molar-refractivity contribution in [2.45, 2.75) is 33.1 Å². The molecule has 0 aromatic heterocycles. The molecular formula is C19H22O2. The van der Waals surface area contributed by atoms with Crippen LogP contribution in [0.3, 0.4) is 0 Å². The van der Waals surface area contributed by atoms with E-state index in [-0.39, 0.29) is 5.97 Å². The molecule has 0 spiro atoms. The molecule has 0 aliphatic carbocycles. The second kappa shape index (κ2) is 7.63. The predicted octanol–water partition coefficient (Wildman–Crippen LogP) is 4.41. The van der Waals surface area contributed by atoms with Crippen LogP contribution >= 0.6 is 0 Å². The Kier molecular flexibility index (Phi) is 5.56. The van der Waals surface area contributed by atoms with Gasteiger partial charge in [-0.15, -0.1) is 0 Å². The monoisotopic (exact) mass is 282 g/mol. The smallest absolute Gasteiger partial charge is 0.306 e. The average molecular weight is 282 g/mol. The first-order chi connectivity index (χ1) is 10.2. The SMILES string of the molecule is CCOC(=O)CCc1ccc(-c2ccc(CC)cc2)cc1. The summed E-state index contributed by atoms with van der Waals surface area (Å²) in [6.45, 7) is 4.44. The second-order valence-electron chi connectivity index (χ2n) is 5.05. The molecular weight excluding hydrogens is 260 g/mol. The van der Waals surface area contributed by atoms with Gasteiger partial charge in [0.15, 0.2) is 0 Å². The Morgan fingerprint density at radius 2 is 1.38 bits per heavy atom. The fourth-order valence-corrected chi connectivity index (χ4v) is 2.28. The molecule has 0 unspecified atom stereocenters. The van der Waals surface area contributed by atoms with Gasteiger partial charge in [0.25, 0.3) is 0 Å². The van der Waals surface area contributed by atoms with E-state index in [1.807, 2.05) is 6.92 Å². The van der Waals surface area contributed by atoms with Crippen LogP contribution in [0.15, 0.2) is 48.5 Å². The topological polar surface area (TPSA) is 26.3 Å². The van der Waals surface area contributed by atoms with Crippen molar-refractivity contribution in [2.75, 3.05) is 6.61 Å². The Balaban J connectivity index is 1.99. The lowest BCUT2D eigenvalue weighted by molar-refractivity contribution is -0.143. The molecule has 110 valence electrons. The predicted molar refractivity (Wildman–Crippen MR) is 86.2 cm³/mol. The zero-order valence-corrected chi connectivity index (χ0v) is 12.8. The van der Waals surface area contributed by atoms with Crippen LogP contribution in [-0.4, -0.2) is 12.6 Å². The Morgan fingerprint density at radius 3 is 1.86 bits per heavy atom. The van der Waals surface area contributed by atoms with Gasteiger partial charge in [-0.2, -0.15) is 0 Å². The van der Waals surface area contributed by atoms with Crippen molar-refractivity contribution in [3.63, 3.8) is 0 Å². The Hall–Kier alpha value is -2.09. The van der Waals surface area contributed by atoms with E-state index in [9.17, 15) is 4.79 Å². The van der Waals surface area contributed by atoms with Crippen molar-refractivity contribution >= 4 is 5.97 Å². The number of carbonyl (C=O) groups is 1. The zero-order chi connectivity index (χ0) is 15.1. The molecule has 0 saturated heterocycles. The molecule has 2 rings (SSSR count). The fourth-order valence-electron chi connectivity index (χ4n) is 2.28. The molecule has 2 aromatic carbocycles. The number of carbonyl (C=O) groups excluding carboxylic acids is 1. The molecule has 0 heterocycles. The van der Waals surface area contributed by atoms with Gasteiger partial charge in [-0.3, -0.25) is 4.79 Å². The first kappa shape index (κ1) is 15.3. The Bertz CT molecular complexity index is 568. The first-order valence-electron chi connectivity index (χ1n) is 7.56. The van der Waals surface area contributed by atoms with Gasteiger partial charge < -0.3 is 4.74 Å². The van der Waals surface area contributed by atoms with E-state index in [1.54, 1.807) is 0 Å². The highest BCUT2D eigenvalue weighted by Gasteiger charge is 2.03. The molecule has 0 N–H and O–H groups in total. The third kappa shape index (κ3) is 4.45. The van der Waals surface area contributed by atoms with Crippen molar-refractivity contribution < 1.29 is 9.53 Å².